The molecule has 4 N–H and O–H groups in total. The SMILES string of the molecule is NC(=O)C(O)CNC(=O)C1CCCCO1. The molecule has 1 aliphatic rings. The summed E-state index contributed by atoms with van der Waals surface area (Å²) in [4.78, 5) is 21.9. The Morgan fingerprint density at radius 3 is 2.80 bits per heavy atom. The molecule has 0 aromatic heterocycles. The second-order valence-electron chi connectivity index (χ2n) is 3.52. The van der Waals surface area contributed by atoms with E-state index in [4.69, 9.17) is 15.6 Å². The summed E-state index contributed by atoms with van der Waals surface area (Å²) in [5.41, 5.74) is 4.83. The van der Waals surface area contributed by atoms with E-state index in [2.05, 4.69) is 5.32 Å². The largest absolute Gasteiger partial charge is 0.381 e. The Bertz CT molecular complexity index is 238. The van der Waals surface area contributed by atoms with Crippen LogP contribution >= 0.6 is 0 Å². The van der Waals surface area contributed by atoms with E-state index >= 15 is 0 Å². The molecule has 0 aromatic carbocycles. The standard InChI is InChI=1S/C9H16N2O4/c10-8(13)6(12)5-11-9(14)7-3-1-2-4-15-7/h6-7,12H,1-5H2,(H2,10,13)(H,11,14). The molecular weight excluding hydrogens is 200 g/mol. The first kappa shape index (κ1) is 11.9. The maximum absolute atomic E-state index is 11.4. The molecule has 6 heteroatoms. The fraction of sp³-hybridized carbons (Fsp3) is 0.778. The number of aliphatic hydroxyl groups excluding tert-OH is 1. The number of rotatable bonds is 4. The molecule has 1 fully saturated rings. The molecular formula is C9H16N2O4. The van der Waals surface area contributed by atoms with Crippen molar-refractivity contribution in [1.82, 2.24) is 5.32 Å². The van der Waals surface area contributed by atoms with E-state index in [1.807, 2.05) is 0 Å². The average Bonchev–Trinajstić information content (AvgIpc) is 2.26. The van der Waals surface area contributed by atoms with Gasteiger partial charge in [0, 0.05) is 6.61 Å². The Labute approximate surface area is 87.8 Å². The van der Waals surface area contributed by atoms with Crippen LogP contribution in [-0.2, 0) is 14.3 Å². The number of hydrogen-bond donors (Lipinski definition) is 3. The van der Waals surface area contributed by atoms with Crippen LogP contribution in [0, 0.1) is 0 Å². The summed E-state index contributed by atoms with van der Waals surface area (Å²) < 4.78 is 5.22. The van der Waals surface area contributed by atoms with Crippen LogP contribution in [0.2, 0.25) is 0 Å². The highest BCUT2D eigenvalue weighted by Gasteiger charge is 2.22. The Morgan fingerprint density at radius 1 is 1.53 bits per heavy atom. The third-order valence-corrected chi connectivity index (χ3v) is 2.27. The monoisotopic (exact) mass is 216 g/mol. The number of aliphatic hydroxyl groups is 1. The molecule has 1 saturated heterocycles. The summed E-state index contributed by atoms with van der Waals surface area (Å²) in [6.45, 7) is 0.421. The number of nitrogens with two attached hydrogens (primary N) is 1. The van der Waals surface area contributed by atoms with Crippen molar-refractivity contribution in [1.29, 1.82) is 0 Å². The van der Waals surface area contributed by atoms with E-state index in [0.29, 0.717) is 13.0 Å². The molecule has 0 aliphatic carbocycles. The Balaban J connectivity index is 2.25. The van der Waals surface area contributed by atoms with E-state index in [0.717, 1.165) is 12.8 Å². The van der Waals surface area contributed by atoms with Crippen molar-refractivity contribution in [2.24, 2.45) is 5.73 Å². The first-order valence-electron chi connectivity index (χ1n) is 4.98. The van der Waals surface area contributed by atoms with Crippen molar-refractivity contribution < 1.29 is 19.4 Å². The minimum atomic E-state index is -1.34. The molecule has 2 unspecified atom stereocenters. The number of amides is 2. The predicted octanol–water partition coefficient (Wildman–Crippen LogP) is -1.48. The third kappa shape index (κ3) is 3.85. The fourth-order valence-corrected chi connectivity index (χ4v) is 1.36. The molecule has 15 heavy (non-hydrogen) atoms. The zero-order chi connectivity index (χ0) is 11.3. The second kappa shape index (κ2) is 5.67. The summed E-state index contributed by atoms with van der Waals surface area (Å²) in [5, 5.41) is 11.5. The lowest BCUT2D eigenvalue weighted by Crippen LogP contribution is -2.44. The maximum Gasteiger partial charge on any atom is 0.249 e. The van der Waals surface area contributed by atoms with E-state index < -0.39 is 18.1 Å². The van der Waals surface area contributed by atoms with Crippen molar-refractivity contribution in [3.8, 4) is 0 Å². The quantitative estimate of drug-likeness (QED) is 0.533. The molecule has 86 valence electrons. The molecule has 0 spiro atoms. The number of primary amides is 1. The van der Waals surface area contributed by atoms with Gasteiger partial charge in [-0.05, 0) is 19.3 Å². The molecule has 0 aromatic rings. The Kier molecular flexibility index (Phi) is 4.51. The van der Waals surface area contributed by atoms with Crippen molar-refractivity contribution >= 4 is 11.8 Å². The van der Waals surface area contributed by atoms with Crippen LogP contribution in [0.4, 0.5) is 0 Å². The lowest BCUT2D eigenvalue weighted by Gasteiger charge is -2.22. The van der Waals surface area contributed by atoms with Crippen LogP contribution in [-0.4, -0.2) is 42.3 Å². The molecule has 0 bridgehead atoms. The van der Waals surface area contributed by atoms with Gasteiger partial charge in [-0.1, -0.05) is 0 Å². The molecule has 2 atom stereocenters. The van der Waals surface area contributed by atoms with Gasteiger partial charge < -0.3 is 20.9 Å². The second-order valence-corrected chi connectivity index (χ2v) is 3.52. The number of carbonyl (C=O) groups excluding carboxylic acids is 2. The number of ether oxygens (including phenoxy) is 1. The Hall–Kier alpha value is -1.14. The van der Waals surface area contributed by atoms with E-state index in [9.17, 15) is 9.59 Å². The van der Waals surface area contributed by atoms with Gasteiger partial charge in [-0.3, -0.25) is 9.59 Å². The predicted molar refractivity (Wildman–Crippen MR) is 51.8 cm³/mol. The van der Waals surface area contributed by atoms with E-state index in [1.165, 1.54) is 0 Å². The van der Waals surface area contributed by atoms with E-state index in [-0.39, 0.29) is 12.5 Å². The number of hydrogen-bond acceptors (Lipinski definition) is 4. The fourth-order valence-electron chi connectivity index (χ4n) is 1.36. The van der Waals surface area contributed by atoms with Gasteiger partial charge in [0.15, 0.2) is 0 Å². The molecule has 0 radical (unpaired) electrons. The molecule has 6 nitrogen and oxygen atoms in total. The van der Waals surface area contributed by atoms with Crippen molar-refractivity contribution in [2.75, 3.05) is 13.2 Å². The van der Waals surface area contributed by atoms with Crippen LogP contribution in [0.5, 0.6) is 0 Å². The molecule has 1 rings (SSSR count). The summed E-state index contributed by atoms with van der Waals surface area (Å²) >= 11 is 0. The molecule has 1 aliphatic heterocycles. The average molecular weight is 216 g/mol. The first-order chi connectivity index (χ1) is 7.11. The van der Waals surface area contributed by atoms with Gasteiger partial charge in [-0.25, -0.2) is 0 Å². The van der Waals surface area contributed by atoms with Gasteiger partial charge in [-0.15, -0.1) is 0 Å². The van der Waals surface area contributed by atoms with Crippen molar-refractivity contribution in [2.45, 2.75) is 31.5 Å². The minimum absolute atomic E-state index is 0.159. The van der Waals surface area contributed by atoms with Crippen LogP contribution in [0.25, 0.3) is 0 Å². The zero-order valence-electron chi connectivity index (χ0n) is 8.44. The van der Waals surface area contributed by atoms with Gasteiger partial charge in [0.1, 0.15) is 12.2 Å². The van der Waals surface area contributed by atoms with Gasteiger partial charge in [0.2, 0.25) is 11.8 Å². The van der Waals surface area contributed by atoms with Crippen molar-refractivity contribution in [3.63, 3.8) is 0 Å². The summed E-state index contributed by atoms with van der Waals surface area (Å²) in [6, 6.07) is 0. The highest BCUT2D eigenvalue weighted by atomic mass is 16.5. The molecule has 0 saturated carbocycles. The van der Waals surface area contributed by atoms with Gasteiger partial charge in [0.05, 0.1) is 6.54 Å². The van der Waals surface area contributed by atoms with Gasteiger partial charge in [-0.2, -0.15) is 0 Å². The lowest BCUT2D eigenvalue weighted by atomic mass is 10.1. The van der Waals surface area contributed by atoms with Crippen molar-refractivity contribution in [3.05, 3.63) is 0 Å². The van der Waals surface area contributed by atoms with Gasteiger partial charge in [0.25, 0.3) is 0 Å². The summed E-state index contributed by atoms with van der Waals surface area (Å²) in [6.07, 6.45) is 0.805. The lowest BCUT2D eigenvalue weighted by molar-refractivity contribution is -0.136. The minimum Gasteiger partial charge on any atom is -0.381 e. The van der Waals surface area contributed by atoms with Crippen LogP contribution in [0.1, 0.15) is 19.3 Å². The maximum atomic E-state index is 11.4. The number of nitrogens with one attached hydrogen (secondary N) is 1. The number of carbonyl (C=O) groups is 2. The van der Waals surface area contributed by atoms with E-state index in [1.54, 1.807) is 0 Å². The summed E-state index contributed by atoms with van der Waals surface area (Å²) in [7, 11) is 0. The first-order valence-corrected chi connectivity index (χ1v) is 4.98. The third-order valence-electron chi connectivity index (χ3n) is 2.27. The Morgan fingerprint density at radius 2 is 2.27 bits per heavy atom. The van der Waals surface area contributed by atoms with Gasteiger partial charge >= 0.3 is 0 Å². The molecule has 2 amide bonds. The highest BCUT2D eigenvalue weighted by Crippen LogP contribution is 2.12. The van der Waals surface area contributed by atoms with Crippen LogP contribution < -0.4 is 11.1 Å². The summed E-state index contributed by atoms with van der Waals surface area (Å²) in [5.74, 6) is -1.14. The normalized spacial score (nSPS) is 23.1. The molecule has 1 heterocycles. The zero-order valence-corrected chi connectivity index (χ0v) is 8.44. The van der Waals surface area contributed by atoms with Crippen LogP contribution in [0.15, 0.2) is 0 Å². The topological polar surface area (TPSA) is 102 Å². The smallest absolute Gasteiger partial charge is 0.249 e. The van der Waals surface area contributed by atoms with Crippen LogP contribution in [0.3, 0.4) is 0 Å². The highest BCUT2D eigenvalue weighted by molar-refractivity contribution is 5.83.